The van der Waals surface area contributed by atoms with Gasteiger partial charge in [0.2, 0.25) is 17.6 Å². The third-order valence-corrected chi connectivity index (χ3v) is 6.06. The Morgan fingerprint density at radius 3 is 2.68 bits per heavy atom. The van der Waals surface area contributed by atoms with E-state index in [9.17, 15) is 4.79 Å². The lowest BCUT2D eigenvalue weighted by molar-refractivity contribution is 0.528. The summed E-state index contributed by atoms with van der Waals surface area (Å²) in [5.74, 6) is 1.74. The Hall–Kier alpha value is -3.17. The molecule has 0 N–H and O–H groups in total. The standard InChI is InChI=1S/C21H17ClN6O2S/c1-2-11-27-19(29)14-8-4-6-10-16(14)28-20(27)25-26-21(28)31-12-17-23-24-18(30-17)13-7-3-5-9-15(13)22/h3-10H,2,11-12H2,1H3. The summed E-state index contributed by atoms with van der Waals surface area (Å²) in [5, 5.41) is 18.7. The highest BCUT2D eigenvalue weighted by Gasteiger charge is 2.18. The molecule has 0 bridgehead atoms. The zero-order chi connectivity index (χ0) is 21.4. The smallest absolute Gasteiger partial charge is 0.262 e. The molecule has 0 saturated carbocycles. The molecule has 0 fully saturated rings. The van der Waals surface area contributed by atoms with Crippen molar-refractivity contribution in [3.8, 4) is 11.5 Å². The van der Waals surface area contributed by atoms with Gasteiger partial charge < -0.3 is 4.42 Å². The van der Waals surface area contributed by atoms with Crippen LogP contribution in [0.5, 0.6) is 0 Å². The minimum absolute atomic E-state index is 0.0600. The van der Waals surface area contributed by atoms with Crippen molar-refractivity contribution in [2.75, 3.05) is 0 Å². The number of fused-ring (bicyclic) bond motifs is 3. The first-order chi connectivity index (χ1) is 15.2. The van der Waals surface area contributed by atoms with Crippen LogP contribution in [0.3, 0.4) is 0 Å². The maximum Gasteiger partial charge on any atom is 0.262 e. The van der Waals surface area contributed by atoms with E-state index in [2.05, 4.69) is 20.4 Å². The minimum atomic E-state index is -0.0600. The van der Waals surface area contributed by atoms with E-state index in [1.807, 2.05) is 53.8 Å². The second-order valence-electron chi connectivity index (χ2n) is 6.86. The molecule has 5 rings (SSSR count). The molecule has 156 valence electrons. The molecule has 0 amide bonds. The molecule has 0 saturated heterocycles. The molecular weight excluding hydrogens is 436 g/mol. The monoisotopic (exact) mass is 452 g/mol. The van der Waals surface area contributed by atoms with Crippen LogP contribution in [0.1, 0.15) is 19.2 Å². The van der Waals surface area contributed by atoms with Gasteiger partial charge in [0.05, 0.1) is 27.2 Å². The molecule has 0 aliphatic carbocycles. The average Bonchev–Trinajstić information content (AvgIpc) is 3.43. The number of rotatable bonds is 6. The van der Waals surface area contributed by atoms with Gasteiger partial charge in [0, 0.05) is 6.54 Å². The van der Waals surface area contributed by atoms with Crippen LogP contribution in [0.15, 0.2) is 62.9 Å². The molecule has 31 heavy (non-hydrogen) atoms. The zero-order valence-corrected chi connectivity index (χ0v) is 18.1. The third kappa shape index (κ3) is 3.49. The van der Waals surface area contributed by atoms with Gasteiger partial charge in [-0.3, -0.25) is 13.8 Å². The Morgan fingerprint density at radius 1 is 1.03 bits per heavy atom. The summed E-state index contributed by atoms with van der Waals surface area (Å²) >= 11 is 7.63. The van der Waals surface area contributed by atoms with Crippen LogP contribution in [-0.2, 0) is 12.3 Å². The Balaban J connectivity index is 1.51. The number of halogens is 1. The SMILES string of the molecule is CCCn1c(=O)c2ccccc2n2c(SCc3nnc(-c4ccccc4Cl)o3)nnc12. The molecule has 0 unspecified atom stereocenters. The molecule has 3 heterocycles. The van der Waals surface area contributed by atoms with Crippen molar-refractivity contribution < 1.29 is 4.42 Å². The Morgan fingerprint density at radius 2 is 1.84 bits per heavy atom. The fraction of sp³-hybridized carbons (Fsp3) is 0.190. The van der Waals surface area contributed by atoms with Crippen molar-refractivity contribution in [2.24, 2.45) is 0 Å². The van der Waals surface area contributed by atoms with Gasteiger partial charge in [-0.15, -0.1) is 20.4 Å². The van der Waals surface area contributed by atoms with Crippen LogP contribution >= 0.6 is 23.4 Å². The second kappa shape index (κ2) is 8.16. The molecule has 10 heteroatoms. The lowest BCUT2D eigenvalue weighted by atomic mass is 10.2. The van der Waals surface area contributed by atoms with Crippen LogP contribution in [0, 0.1) is 0 Å². The minimum Gasteiger partial charge on any atom is -0.420 e. The Labute approximate surface area is 185 Å². The van der Waals surface area contributed by atoms with Crippen molar-refractivity contribution in [3.05, 3.63) is 69.8 Å². The summed E-state index contributed by atoms with van der Waals surface area (Å²) in [6.07, 6.45) is 0.816. The van der Waals surface area contributed by atoms with E-state index < -0.39 is 0 Å². The maximum absolute atomic E-state index is 12.9. The normalized spacial score (nSPS) is 11.5. The molecule has 0 spiro atoms. The molecule has 5 aromatic rings. The highest BCUT2D eigenvalue weighted by Crippen LogP contribution is 2.29. The first-order valence-corrected chi connectivity index (χ1v) is 11.1. The second-order valence-corrected chi connectivity index (χ2v) is 8.21. The first-order valence-electron chi connectivity index (χ1n) is 9.74. The van der Waals surface area contributed by atoms with Crippen LogP contribution in [0.2, 0.25) is 5.02 Å². The summed E-state index contributed by atoms with van der Waals surface area (Å²) < 4.78 is 9.36. The third-order valence-electron chi connectivity index (χ3n) is 4.82. The number of hydrogen-bond acceptors (Lipinski definition) is 7. The fourth-order valence-corrected chi connectivity index (χ4v) is 4.43. The summed E-state index contributed by atoms with van der Waals surface area (Å²) in [6.45, 7) is 2.59. The van der Waals surface area contributed by atoms with Crippen molar-refractivity contribution in [2.45, 2.75) is 30.8 Å². The predicted octanol–water partition coefficient (Wildman–Crippen LogP) is 4.45. The first kappa shape index (κ1) is 19.8. The van der Waals surface area contributed by atoms with Crippen LogP contribution in [-0.4, -0.2) is 29.4 Å². The quantitative estimate of drug-likeness (QED) is 0.351. The summed E-state index contributed by atoms with van der Waals surface area (Å²) in [5.41, 5.74) is 1.40. The topological polar surface area (TPSA) is 91.1 Å². The molecule has 0 aliphatic rings. The predicted molar refractivity (Wildman–Crippen MR) is 119 cm³/mol. The number of aromatic nitrogens is 6. The van der Waals surface area contributed by atoms with Gasteiger partial charge in [-0.1, -0.05) is 54.6 Å². The van der Waals surface area contributed by atoms with E-state index in [0.717, 1.165) is 11.9 Å². The number of hydrogen-bond donors (Lipinski definition) is 0. The van der Waals surface area contributed by atoms with E-state index >= 15 is 0 Å². The lowest BCUT2D eigenvalue weighted by Gasteiger charge is -2.10. The number of para-hydroxylation sites is 1. The van der Waals surface area contributed by atoms with E-state index in [-0.39, 0.29) is 5.56 Å². The number of aryl methyl sites for hydroxylation is 1. The summed E-state index contributed by atoms with van der Waals surface area (Å²) in [7, 11) is 0. The van der Waals surface area contributed by atoms with E-state index in [4.69, 9.17) is 16.0 Å². The van der Waals surface area contributed by atoms with Gasteiger partial charge in [-0.2, -0.15) is 0 Å². The van der Waals surface area contributed by atoms with Crippen molar-refractivity contribution in [1.82, 2.24) is 29.4 Å². The van der Waals surface area contributed by atoms with E-state index in [1.54, 1.807) is 10.6 Å². The summed E-state index contributed by atoms with van der Waals surface area (Å²) in [4.78, 5) is 12.9. The van der Waals surface area contributed by atoms with Crippen molar-refractivity contribution >= 4 is 40.0 Å². The molecule has 8 nitrogen and oxygen atoms in total. The van der Waals surface area contributed by atoms with Gasteiger partial charge in [-0.05, 0) is 30.7 Å². The molecule has 2 aromatic carbocycles. The van der Waals surface area contributed by atoms with E-state index in [1.165, 1.54) is 11.8 Å². The fourth-order valence-electron chi connectivity index (χ4n) is 3.43. The number of nitrogens with zero attached hydrogens (tertiary/aromatic N) is 6. The molecule has 0 radical (unpaired) electrons. The van der Waals surface area contributed by atoms with Crippen LogP contribution in [0.25, 0.3) is 28.1 Å². The van der Waals surface area contributed by atoms with Gasteiger partial charge in [0.15, 0.2) is 5.16 Å². The molecule has 0 atom stereocenters. The van der Waals surface area contributed by atoms with Gasteiger partial charge >= 0.3 is 0 Å². The van der Waals surface area contributed by atoms with Crippen molar-refractivity contribution in [3.63, 3.8) is 0 Å². The van der Waals surface area contributed by atoms with Crippen LogP contribution in [0.4, 0.5) is 0 Å². The zero-order valence-electron chi connectivity index (χ0n) is 16.5. The molecular formula is C21H17ClN6O2S. The maximum atomic E-state index is 12.9. The van der Waals surface area contributed by atoms with Gasteiger partial charge in [0.25, 0.3) is 5.56 Å². The summed E-state index contributed by atoms with van der Waals surface area (Å²) in [6, 6.07) is 14.8. The van der Waals surface area contributed by atoms with Crippen LogP contribution < -0.4 is 5.56 Å². The van der Waals surface area contributed by atoms with E-state index in [0.29, 0.717) is 51.0 Å². The largest absolute Gasteiger partial charge is 0.420 e. The Kier molecular flexibility index (Phi) is 5.21. The lowest BCUT2D eigenvalue weighted by Crippen LogP contribution is -2.23. The molecule has 0 aliphatic heterocycles. The average molecular weight is 453 g/mol. The highest BCUT2D eigenvalue weighted by atomic mass is 35.5. The van der Waals surface area contributed by atoms with Crippen molar-refractivity contribution in [1.29, 1.82) is 0 Å². The van der Waals surface area contributed by atoms with Gasteiger partial charge in [-0.25, -0.2) is 0 Å². The Bertz CT molecular complexity index is 1460. The molecule has 3 aromatic heterocycles. The number of thioether (sulfide) groups is 1. The number of benzene rings is 2. The van der Waals surface area contributed by atoms with Gasteiger partial charge in [0.1, 0.15) is 0 Å². The highest BCUT2D eigenvalue weighted by molar-refractivity contribution is 7.98.